The van der Waals surface area contributed by atoms with E-state index in [1.165, 1.54) is 42.1 Å². The molecule has 2 heterocycles. The van der Waals surface area contributed by atoms with Crippen molar-refractivity contribution in [2.75, 3.05) is 0 Å². The predicted octanol–water partition coefficient (Wildman–Crippen LogP) is 12.3. The van der Waals surface area contributed by atoms with Crippen molar-refractivity contribution in [1.82, 2.24) is 9.97 Å². The first-order valence-corrected chi connectivity index (χ1v) is 16.6. The molecular weight excluding hydrogens is 589 g/mol. The third kappa shape index (κ3) is 5.17. The van der Waals surface area contributed by atoms with Gasteiger partial charge < -0.3 is 0 Å². The average Bonchev–Trinajstić information content (AvgIpc) is 3.53. The van der Waals surface area contributed by atoms with Gasteiger partial charge in [-0.3, -0.25) is 0 Å². The van der Waals surface area contributed by atoms with Crippen molar-refractivity contribution in [3.8, 4) is 56.2 Å². The quantitative estimate of drug-likeness (QED) is 0.192. The van der Waals surface area contributed by atoms with Gasteiger partial charge in [-0.1, -0.05) is 121 Å². The standard InChI is InChI=1S/C44H28N2S/c1-3-12-30(13-4-1)40-28-41(46-44(45-40)31-14-5-2-6-15-31)37-25-35(33-20-19-29-11-7-8-16-32(29)23-33)24-36(26-37)34-21-22-43-39(27-34)38-17-9-10-18-42(38)47-43/h1-28H. The number of thiophene rings is 1. The van der Waals surface area contributed by atoms with Crippen LogP contribution in [0.4, 0.5) is 0 Å². The van der Waals surface area contributed by atoms with Gasteiger partial charge in [-0.2, -0.15) is 0 Å². The molecule has 0 bridgehead atoms. The number of rotatable bonds is 5. The predicted molar refractivity (Wildman–Crippen MR) is 200 cm³/mol. The third-order valence-corrected chi connectivity index (χ3v) is 10.0. The van der Waals surface area contributed by atoms with E-state index in [-0.39, 0.29) is 0 Å². The minimum atomic E-state index is 0.714. The van der Waals surface area contributed by atoms with E-state index in [1.807, 2.05) is 35.6 Å². The minimum absolute atomic E-state index is 0.714. The van der Waals surface area contributed by atoms with Crippen LogP contribution in [0.1, 0.15) is 0 Å². The van der Waals surface area contributed by atoms with Crippen LogP contribution in [0.3, 0.4) is 0 Å². The molecule has 2 aromatic heterocycles. The van der Waals surface area contributed by atoms with Crippen LogP contribution in [-0.2, 0) is 0 Å². The van der Waals surface area contributed by atoms with Gasteiger partial charge in [0.15, 0.2) is 5.82 Å². The smallest absolute Gasteiger partial charge is 0.160 e. The topological polar surface area (TPSA) is 25.8 Å². The lowest BCUT2D eigenvalue weighted by Gasteiger charge is -2.14. The Morgan fingerprint density at radius 1 is 0.319 bits per heavy atom. The van der Waals surface area contributed by atoms with Crippen molar-refractivity contribution < 1.29 is 0 Å². The number of nitrogens with zero attached hydrogens (tertiary/aromatic N) is 2. The molecule has 7 aromatic carbocycles. The summed E-state index contributed by atoms with van der Waals surface area (Å²) in [5.74, 6) is 0.714. The van der Waals surface area contributed by atoms with Gasteiger partial charge in [0.05, 0.1) is 11.4 Å². The average molecular weight is 617 g/mol. The maximum atomic E-state index is 5.19. The Bertz CT molecular complexity index is 2510. The molecule has 0 amide bonds. The van der Waals surface area contributed by atoms with E-state index < -0.39 is 0 Å². The second-order valence-corrected chi connectivity index (χ2v) is 12.9. The molecule has 2 nitrogen and oxygen atoms in total. The molecule has 9 aromatic rings. The van der Waals surface area contributed by atoms with E-state index in [2.05, 4.69) is 146 Å². The Labute approximate surface area is 277 Å². The molecule has 9 rings (SSSR count). The van der Waals surface area contributed by atoms with Crippen molar-refractivity contribution in [2.24, 2.45) is 0 Å². The summed E-state index contributed by atoms with van der Waals surface area (Å²) in [6.45, 7) is 0. The molecule has 0 saturated carbocycles. The summed E-state index contributed by atoms with van der Waals surface area (Å²) in [5, 5.41) is 5.05. The fraction of sp³-hybridized carbons (Fsp3) is 0. The monoisotopic (exact) mass is 616 g/mol. The fourth-order valence-electron chi connectivity index (χ4n) is 6.45. The Morgan fingerprint density at radius 3 is 1.68 bits per heavy atom. The molecule has 0 unspecified atom stereocenters. The normalized spacial score (nSPS) is 11.4. The van der Waals surface area contributed by atoms with Crippen LogP contribution in [0.5, 0.6) is 0 Å². The lowest BCUT2D eigenvalue weighted by molar-refractivity contribution is 1.18. The molecule has 0 aliphatic heterocycles. The van der Waals surface area contributed by atoms with E-state index in [0.717, 1.165) is 39.2 Å². The molecule has 220 valence electrons. The molecule has 0 atom stereocenters. The molecule has 0 aliphatic rings. The van der Waals surface area contributed by atoms with Crippen molar-refractivity contribution >= 4 is 42.3 Å². The maximum absolute atomic E-state index is 5.19. The summed E-state index contributed by atoms with van der Waals surface area (Å²) in [7, 11) is 0. The van der Waals surface area contributed by atoms with Gasteiger partial charge in [-0.05, 0) is 81.6 Å². The highest BCUT2D eigenvalue weighted by Gasteiger charge is 2.15. The summed E-state index contributed by atoms with van der Waals surface area (Å²) in [4.78, 5) is 10.2. The largest absolute Gasteiger partial charge is 0.228 e. The Kier molecular flexibility index (Phi) is 6.69. The summed E-state index contributed by atoms with van der Waals surface area (Å²) >= 11 is 1.85. The van der Waals surface area contributed by atoms with Crippen LogP contribution in [0, 0.1) is 0 Å². The van der Waals surface area contributed by atoms with Crippen LogP contribution in [0.25, 0.3) is 87.1 Å². The maximum Gasteiger partial charge on any atom is 0.160 e. The van der Waals surface area contributed by atoms with Gasteiger partial charge in [0, 0.05) is 36.9 Å². The SMILES string of the molecule is c1ccc(-c2cc(-c3cc(-c4ccc5ccccc5c4)cc(-c4ccc5sc6ccccc6c5c4)c3)nc(-c3ccccc3)n2)cc1. The molecule has 3 heteroatoms. The molecule has 0 saturated heterocycles. The second-order valence-electron chi connectivity index (χ2n) is 11.9. The zero-order valence-corrected chi connectivity index (χ0v) is 26.3. The highest BCUT2D eigenvalue weighted by Crippen LogP contribution is 2.39. The highest BCUT2D eigenvalue weighted by molar-refractivity contribution is 7.25. The Hall–Kier alpha value is -5.90. The second kappa shape index (κ2) is 11.5. The van der Waals surface area contributed by atoms with Gasteiger partial charge in [0.2, 0.25) is 0 Å². The van der Waals surface area contributed by atoms with E-state index in [1.54, 1.807) is 0 Å². The van der Waals surface area contributed by atoms with Gasteiger partial charge in [0.1, 0.15) is 0 Å². The van der Waals surface area contributed by atoms with Crippen LogP contribution in [-0.4, -0.2) is 9.97 Å². The van der Waals surface area contributed by atoms with E-state index in [9.17, 15) is 0 Å². The van der Waals surface area contributed by atoms with Gasteiger partial charge in [0.25, 0.3) is 0 Å². The van der Waals surface area contributed by atoms with Crippen LogP contribution in [0.15, 0.2) is 170 Å². The molecule has 0 radical (unpaired) electrons. The van der Waals surface area contributed by atoms with Crippen molar-refractivity contribution in [2.45, 2.75) is 0 Å². The summed E-state index contributed by atoms with van der Waals surface area (Å²) in [6, 6.07) is 60.5. The van der Waals surface area contributed by atoms with Gasteiger partial charge in [-0.15, -0.1) is 11.3 Å². The molecule has 0 spiro atoms. The fourth-order valence-corrected chi connectivity index (χ4v) is 7.54. The first-order chi connectivity index (χ1) is 23.2. The molecule has 47 heavy (non-hydrogen) atoms. The number of hydrogen-bond acceptors (Lipinski definition) is 3. The van der Waals surface area contributed by atoms with E-state index in [0.29, 0.717) is 5.82 Å². The first kappa shape index (κ1) is 27.4. The number of fused-ring (bicyclic) bond motifs is 4. The summed E-state index contributed by atoms with van der Waals surface area (Å²) in [5.41, 5.74) is 9.57. The summed E-state index contributed by atoms with van der Waals surface area (Å²) in [6.07, 6.45) is 0. The van der Waals surface area contributed by atoms with Crippen LogP contribution < -0.4 is 0 Å². The van der Waals surface area contributed by atoms with Crippen molar-refractivity contribution in [1.29, 1.82) is 0 Å². The van der Waals surface area contributed by atoms with Crippen molar-refractivity contribution in [3.05, 3.63) is 170 Å². The van der Waals surface area contributed by atoms with Crippen molar-refractivity contribution in [3.63, 3.8) is 0 Å². The molecule has 0 aliphatic carbocycles. The summed E-state index contributed by atoms with van der Waals surface area (Å²) < 4.78 is 2.62. The molecule has 0 fully saturated rings. The lowest BCUT2D eigenvalue weighted by Crippen LogP contribution is -1.96. The highest BCUT2D eigenvalue weighted by atomic mass is 32.1. The van der Waals surface area contributed by atoms with Gasteiger partial charge >= 0.3 is 0 Å². The Balaban J connectivity index is 1.28. The molecular formula is C44H28N2S. The van der Waals surface area contributed by atoms with Crippen LogP contribution >= 0.6 is 11.3 Å². The first-order valence-electron chi connectivity index (χ1n) is 15.8. The number of hydrogen-bond donors (Lipinski definition) is 0. The minimum Gasteiger partial charge on any atom is -0.228 e. The third-order valence-electron chi connectivity index (χ3n) is 8.85. The molecule has 0 N–H and O–H groups in total. The van der Waals surface area contributed by atoms with Gasteiger partial charge in [-0.25, -0.2) is 9.97 Å². The van der Waals surface area contributed by atoms with Crippen LogP contribution in [0.2, 0.25) is 0 Å². The Morgan fingerprint density at radius 2 is 0.894 bits per heavy atom. The van der Waals surface area contributed by atoms with E-state index >= 15 is 0 Å². The lowest BCUT2D eigenvalue weighted by atomic mass is 9.93. The zero-order chi connectivity index (χ0) is 31.2. The van der Waals surface area contributed by atoms with E-state index in [4.69, 9.17) is 9.97 Å². The zero-order valence-electron chi connectivity index (χ0n) is 25.5. The number of aromatic nitrogens is 2. The number of benzene rings is 7.